The molecule has 0 spiro atoms. The molecule has 2 aromatic carbocycles. The maximum absolute atomic E-state index is 13.0. The second-order valence-corrected chi connectivity index (χ2v) is 7.92. The fourth-order valence-corrected chi connectivity index (χ4v) is 3.98. The van der Waals surface area contributed by atoms with Gasteiger partial charge in [0.05, 0.1) is 5.69 Å². The summed E-state index contributed by atoms with van der Waals surface area (Å²) in [4.78, 5) is 19.4. The van der Waals surface area contributed by atoms with Gasteiger partial charge in [-0.05, 0) is 42.5 Å². The molecule has 0 radical (unpaired) electrons. The Labute approximate surface area is 161 Å². The van der Waals surface area contributed by atoms with Gasteiger partial charge in [-0.15, -0.1) is 0 Å². The Morgan fingerprint density at radius 3 is 2.65 bits per heavy atom. The maximum atomic E-state index is 13.0. The lowest BCUT2D eigenvalue weighted by molar-refractivity contribution is 0.0854. The zero-order valence-corrected chi connectivity index (χ0v) is 15.7. The number of benzene rings is 2. The molecule has 7 heteroatoms. The smallest absolute Gasteiger partial charge is 0.260 e. The molecule has 2 heterocycles. The van der Waals surface area contributed by atoms with Gasteiger partial charge in [-0.25, -0.2) is 4.99 Å². The van der Waals surface area contributed by atoms with Crippen molar-refractivity contribution in [2.45, 2.75) is 12.2 Å². The molecule has 0 aromatic heterocycles. The van der Waals surface area contributed by atoms with Crippen molar-refractivity contribution in [2.24, 2.45) is 4.99 Å². The summed E-state index contributed by atoms with van der Waals surface area (Å²) < 4.78 is 11.1. The van der Waals surface area contributed by atoms with Crippen molar-refractivity contribution in [1.82, 2.24) is 4.90 Å². The Hall–Kier alpha value is -2.18. The highest BCUT2D eigenvalue weighted by Gasteiger charge is 2.32. The monoisotopic (exact) mass is 388 g/mol. The van der Waals surface area contributed by atoms with Crippen LogP contribution >= 0.6 is 23.4 Å². The number of fused-ring (bicyclic) bond motifs is 1. The van der Waals surface area contributed by atoms with Crippen LogP contribution in [0, 0.1) is 0 Å². The Bertz CT molecular complexity index is 870. The summed E-state index contributed by atoms with van der Waals surface area (Å²) in [6.45, 7) is 3.71. The number of thioether (sulfide) groups is 1. The highest BCUT2D eigenvalue weighted by molar-refractivity contribution is 8.14. The molecule has 1 fully saturated rings. The van der Waals surface area contributed by atoms with Crippen molar-refractivity contribution in [2.75, 3.05) is 19.8 Å². The third kappa shape index (κ3) is 3.52. The van der Waals surface area contributed by atoms with Crippen LogP contribution < -0.4 is 9.47 Å². The minimum Gasteiger partial charge on any atom is -0.486 e. The SMILES string of the molecule is C[C@@H]1CN(C(=O)c2ccc3c(c2)OCCO3)C(=Nc2ccc(Cl)cc2)S1. The number of halogens is 1. The summed E-state index contributed by atoms with van der Waals surface area (Å²) in [5.74, 6) is 1.19. The van der Waals surface area contributed by atoms with Crippen LogP contribution in [0.15, 0.2) is 47.5 Å². The molecule has 1 saturated heterocycles. The van der Waals surface area contributed by atoms with E-state index in [9.17, 15) is 4.79 Å². The van der Waals surface area contributed by atoms with Gasteiger partial charge in [-0.3, -0.25) is 9.69 Å². The summed E-state index contributed by atoms with van der Waals surface area (Å²) in [6.07, 6.45) is 0. The first-order chi connectivity index (χ1) is 12.6. The van der Waals surface area contributed by atoms with E-state index >= 15 is 0 Å². The molecule has 2 aliphatic heterocycles. The van der Waals surface area contributed by atoms with Gasteiger partial charge < -0.3 is 9.47 Å². The molecule has 26 heavy (non-hydrogen) atoms. The highest BCUT2D eigenvalue weighted by atomic mass is 35.5. The van der Waals surface area contributed by atoms with Crippen LogP contribution in [0.2, 0.25) is 5.02 Å². The largest absolute Gasteiger partial charge is 0.486 e. The van der Waals surface area contributed by atoms with E-state index in [0.717, 1.165) is 5.69 Å². The van der Waals surface area contributed by atoms with Crippen LogP contribution in [-0.2, 0) is 0 Å². The zero-order valence-electron chi connectivity index (χ0n) is 14.1. The van der Waals surface area contributed by atoms with Crippen molar-refractivity contribution >= 4 is 40.1 Å². The quantitative estimate of drug-likeness (QED) is 0.766. The van der Waals surface area contributed by atoms with E-state index in [-0.39, 0.29) is 11.2 Å². The molecule has 0 N–H and O–H groups in total. The van der Waals surface area contributed by atoms with Crippen LogP contribution in [0.4, 0.5) is 5.69 Å². The molecule has 0 unspecified atom stereocenters. The lowest BCUT2D eigenvalue weighted by atomic mass is 10.1. The number of amidine groups is 1. The standard InChI is InChI=1S/C19H17ClN2O3S/c1-12-11-22(19(26-12)21-15-5-3-14(20)4-6-15)18(23)13-2-7-16-17(10-13)25-9-8-24-16/h2-7,10,12H,8-9,11H2,1H3/t12-/m1/s1. The average Bonchev–Trinajstić information content (AvgIpc) is 3.02. The number of hydrogen-bond donors (Lipinski definition) is 0. The van der Waals surface area contributed by atoms with E-state index in [1.165, 1.54) is 0 Å². The highest BCUT2D eigenvalue weighted by Crippen LogP contribution is 2.33. The Balaban J connectivity index is 1.62. The van der Waals surface area contributed by atoms with Gasteiger partial charge in [0.15, 0.2) is 16.7 Å². The number of amides is 1. The summed E-state index contributed by atoms with van der Waals surface area (Å²) in [5, 5.41) is 1.63. The van der Waals surface area contributed by atoms with Gasteiger partial charge in [0.1, 0.15) is 13.2 Å². The minimum atomic E-state index is -0.0912. The first-order valence-electron chi connectivity index (χ1n) is 8.32. The van der Waals surface area contributed by atoms with E-state index < -0.39 is 0 Å². The number of aliphatic imine (C=N–C) groups is 1. The zero-order chi connectivity index (χ0) is 18.1. The fraction of sp³-hybridized carbons (Fsp3) is 0.263. The minimum absolute atomic E-state index is 0.0912. The van der Waals surface area contributed by atoms with Crippen LogP contribution in [0.3, 0.4) is 0 Å². The summed E-state index contributed by atoms with van der Waals surface area (Å²) in [5.41, 5.74) is 1.33. The molecule has 1 atom stereocenters. The molecule has 1 amide bonds. The molecule has 5 nitrogen and oxygen atoms in total. The number of carbonyl (C=O) groups is 1. The second kappa shape index (κ2) is 7.21. The molecule has 0 saturated carbocycles. The van der Waals surface area contributed by atoms with E-state index in [0.29, 0.717) is 47.0 Å². The molecular formula is C19H17ClN2O3S. The maximum Gasteiger partial charge on any atom is 0.260 e. The second-order valence-electron chi connectivity index (χ2n) is 6.07. The number of hydrogen-bond acceptors (Lipinski definition) is 5. The van der Waals surface area contributed by atoms with Gasteiger partial charge in [0, 0.05) is 22.4 Å². The number of rotatable bonds is 2. The first kappa shape index (κ1) is 17.2. The van der Waals surface area contributed by atoms with Crippen LogP contribution in [0.25, 0.3) is 0 Å². The fourth-order valence-electron chi connectivity index (χ4n) is 2.83. The van der Waals surface area contributed by atoms with Crippen molar-refractivity contribution < 1.29 is 14.3 Å². The molecule has 4 rings (SSSR count). The summed E-state index contributed by atoms with van der Waals surface area (Å²) in [7, 11) is 0. The summed E-state index contributed by atoms with van der Waals surface area (Å²) >= 11 is 7.52. The molecule has 0 aliphatic carbocycles. The van der Waals surface area contributed by atoms with E-state index in [1.54, 1.807) is 47.0 Å². The van der Waals surface area contributed by atoms with Gasteiger partial charge in [0.2, 0.25) is 0 Å². The lowest BCUT2D eigenvalue weighted by Crippen LogP contribution is -2.32. The Kier molecular flexibility index (Phi) is 4.78. The third-order valence-corrected chi connectivity index (χ3v) is 5.39. The van der Waals surface area contributed by atoms with Crippen LogP contribution in [0.1, 0.15) is 17.3 Å². The predicted octanol–water partition coefficient (Wildman–Crippen LogP) is 4.38. The van der Waals surface area contributed by atoms with Crippen LogP contribution in [-0.4, -0.2) is 41.0 Å². The number of carbonyl (C=O) groups excluding carboxylic acids is 1. The van der Waals surface area contributed by atoms with Crippen molar-refractivity contribution in [3.05, 3.63) is 53.1 Å². The van der Waals surface area contributed by atoms with Gasteiger partial charge in [-0.2, -0.15) is 0 Å². The lowest BCUT2D eigenvalue weighted by Gasteiger charge is -2.20. The van der Waals surface area contributed by atoms with Crippen molar-refractivity contribution in [3.8, 4) is 11.5 Å². The van der Waals surface area contributed by atoms with Gasteiger partial charge >= 0.3 is 0 Å². The van der Waals surface area contributed by atoms with E-state index in [2.05, 4.69) is 11.9 Å². The molecule has 0 bridgehead atoms. The average molecular weight is 389 g/mol. The predicted molar refractivity (Wildman–Crippen MR) is 104 cm³/mol. The number of nitrogens with zero attached hydrogens (tertiary/aromatic N) is 2. The van der Waals surface area contributed by atoms with Gasteiger partial charge in [-0.1, -0.05) is 30.3 Å². The molecule has 134 valence electrons. The summed E-state index contributed by atoms with van der Waals surface area (Å²) in [6, 6.07) is 12.5. The van der Waals surface area contributed by atoms with Crippen molar-refractivity contribution in [3.63, 3.8) is 0 Å². The third-order valence-electron chi connectivity index (χ3n) is 4.06. The van der Waals surface area contributed by atoms with Crippen molar-refractivity contribution in [1.29, 1.82) is 0 Å². The molecule has 2 aromatic rings. The van der Waals surface area contributed by atoms with Gasteiger partial charge in [0.25, 0.3) is 5.91 Å². The topological polar surface area (TPSA) is 51.1 Å². The Morgan fingerprint density at radius 1 is 1.15 bits per heavy atom. The normalized spacial score (nSPS) is 20.5. The molecular weight excluding hydrogens is 372 g/mol. The van der Waals surface area contributed by atoms with E-state index in [4.69, 9.17) is 21.1 Å². The van der Waals surface area contributed by atoms with E-state index in [1.807, 2.05) is 12.1 Å². The van der Waals surface area contributed by atoms with Crippen LogP contribution in [0.5, 0.6) is 11.5 Å². The Morgan fingerprint density at radius 2 is 1.88 bits per heavy atom. The first-order valence-corrected chi connectivity index (χ1v) is 9.58. The number of ether oxygens (including phenoxy) is 2. The molecule has 2 aliphatic rings.